The van der Waals surface area contributed by atoms with Gasteiger partial charge in [-0.05, 0) is 38.1 Å². The molecule has 1 aromatic rings. The minimum atomic E-state index is -1.24. The van der Waals surface area contributed by atoms with Gasteiger partial charge in [0.1, 0.15) is 0 Å². The Morgan fingerprint density at radius 2 is 0.967 bits per heavy atom. The van der Waals surface area contributed by atoms with Gasteiger partial charge in [-0.1, -0.05) is 0 Å². The molecule has 0 aromatic heterocycles. The van der Waals surface area contributed by atoms with Crippen LogP contribution in [0.15, 0.2) is 24.3 Å². The molecule has 2 atom stereocenters. The zero-order valence-corrected chi connectivity index (χ0v) is 16.7. The molecule has 162 valence electrons. The lowest BCUT2D eigenvalue weighted by molar-refractivity contribution is -0.128. The van der Waals surface area contributed by atoms with Crippen molar-refractivity contribution in [2.24, 2.45) is 0 Å². The third kappa shape index (κ3) is 7.22. The summed E-state index contributed by atoms with van der Waals surface area (Å²) in [5.41, 5.74) is 0.0769. The summed E-state index contributed by atoms with van der Waals surface area (Å²) in [6.07, 6.45) is -2.47. The van der Waals surface area contributed by atoms with E-state index in [1.54, 1.807) is 0 Å². The van der Waals surface area contributed by atoms with Crippen LogP contribution >= 0.6 is 0 Å². The summed E-state index contributed by atoms with van der Waals surface area (Å²) in [7, 11) is 2.64. The van der Waals surface area contributed by atoms with Crippen LogP contribution in [0.4, 0.5) is 9.59 Å². The van der Waals surface area contributed by atoms with E-state index in [0.29, 0.717) is 0 Å². The molecule has 6 amide bonds. The lowest BCUT2D eigenvalue weighted by Gasteiger charge is -2.14. The summed E-state index contributed by atoms with van der Waals surface area (Å²) in [6.45, 7) is 2.57. The van der Waals surface area contributed by atoms with Crippen molar-refractivity contribution < 1.29 is 38.2 Å². The molecule has 0 fully saturated rings. The molecule has 0 aliphatic carbocycles. The maximum absolute atomic E-state index is 12.1. The Hall–Kier alpha value is -3.96. The van der Waals surface area contributed by atoms with Gasteiger partial charge in [0.05, 0.1) is 11.1 Å². The van der Waals surface area contributed by atoms with Crippen molar-refractivity contribution in [1.82, 2.24) is 21.3 Å². The van der Waals surface area contributed by atoms with Crippen LogP contribution < -0.4 is 21.3 Å². The number of carbonyl (C=O) groups excluding carboxylic acids is 6. The Labute approximate surface area is 171 Å². The number of imide groups is 2. The molecule has 4 N–H and O–H groups in total. The SMILES string of the molecule is CNC(=O)NC(=O)[C@@H](C)OC(=O)c1ccc(C(=O)O[C@H](C)C(=O)NC(=O)NC)cc1. The maximum atomic E-state index is 12.1. The fourth-order valence-electron chi connectivity index (χ4n) is 1.86. The fraction of sp³-hybridized carbons (Fsp3) is 0.333. The Kier molecular flexibility index (Phi) is 8.94. The van der Waals surface area contributed by atoms with Gasteiger partial charge in [-0.3, -0.25) is 20.2 Å². The number of carbonyl (C=O) groups is 6. The summed E-state index contributed by atoms with van der Waals surface area (Å²) < 4.78 is 9.90. The van der Waals surface area contributed by atoms with Crippen LogP contribution in [0.3, 0.4) is 0 Å². The highest BCUT2D eigenvalue weighted by Crippen LogP contribution is 2.10. The molecule has 0 aliphatic rings. The van der Waals surface area contributed by atoms with Gasteiger partial charge >= 0.3 is 24.0 Å². The molecule has 1 aromatic carbocycles. The molecule has 12 heteroatoms. The van der Waals surface area contributed by atoms with Gasteiger partial charge in [-0.15, -0.1) is 0 Å². The highest BCUT2D eigenvalue weighted by Gasteiger charge is 2.22. The molecular weight excluding hydrogens is 400 g/mol. The number of rotatable bonds is 6. The molecule has 0 spiro atoms. The minimum absolute atomic E-state index is 0.0385. The largest absolute Gasteiger partial charge is 0.449 e. The highest BCUT2D eigenvalue weighted by atomic mass is 16.6. The predicted molar refractivity (Wildman–Crippen MR) is 101 cm³/mol. The molecule has 0 radical (unpaired) electrons. The van der Waals surface area contributed by atoms with Crippen molar-refractivity contribution in [3.63, 3.8) is 0 Å². The first-order chi connectivity index (χ1) is 14.1. The first-order valence-electron chi connectivity index (χ1n) is 8.66. The highest BCUT2D eigenvalue weighted by molar-refractivity contribution is 6.00. The lowest BCUT2D eigenvalue weighted by atomic mass is 10.1. The van der Waals surface area contributed by atoms with E-state index in [9.17, 15) is 28.8 Å². The number of ether oxygens (including phenoxy) is 2. The van der Waals surface area contributed by atoms with Crippen LogP contribution in [0.1, 0.15) is 34.6 Å². The molecule has 0 saturated carbocycles. The first-order valence-corrected chi connectivity index (χ1v) is 8.66. The van der Waals surface area contributed by atoms with Gasteiger partial charge in [0.15, 0.2) is 12.2 Å². The Morgan fingerprint density at radius 3 is 1.23 bits per heavy atom. The summed E-state index contributed by atoms with van der Waals surface area (Å²) in [5.74, 6) is -3.33. The number of amides is 6. The average Bonchev–Trinajstić information content (AvgIpc) is 2.73. The molecule has 1 rings (SSSR count). The van der Waals surface area contributed by atoms with E-state index in [2.05, 4.69) is 10.6 Å². The third-order valence-electron chi connectivity index (χ3n) is 3.59. The summed E-state index contributed by atoms with van der Waals surface area (Å²) in [6, 6.07) is 3.55. The summed E-state index contributed by atoms with van der Waals surface area (Å²) in [4.78, 5) is 69.8. The Balaban J connectivity index is 2.67. The second-order valence-corrected chi connectivity index (χ2v) is 5.81. The molecular formula is C18H22N4O8. The van der Waals surface area contributed by atoms with E-state index >= 15 is 0 Å². The zero-order valence-electron chi connectivity index (χ0n) is 16.7. The lowest BCUT2D eigenvalue weighted by Crippen LogP contribution is -2.43. The van der Waals surface area contributed by atoms with Gasteiger partial charge in [0.25, 0.3) is 11.8 Å². The van der Waals surface area contributed by atoms with Crippen LogP contribution in [0.25, 0.3) is 0 Å². The Morgan fingerprint density at radius 1 is 0.667 bits per heavy atom. The maximum Gasteiger partial charge on any atom is 0.338 e. The zero-order chi connectivity index (χ0) is 22.8. The average molecular weight is 422 g/mol. The molecule has 0 saturated heterocycles. The van der Waals surface area contributed by atoms with E-state index in [1.807, 2.05) is 10.6 Å². The van der Waals surface area contributed by atoms with Gasteiger partial charge in [0.2, 0.25) is 0 Å². The van der Waals surface area contributed by atoms with Crippen molar-refractivity contribution in [1.29, 1.82) is 0 Å². The number of esters is 2. The molecule has 30 heavy (non-hydrogen) atoms. The van der Waals surface area contributed by atoms with Crippen LogP contribution in [-0.4, -0.2) is 62.1 Å². The van der Waals surface area contributed by atoms with E-state index in [1.165, 1.54) is 52.2 Å². The van der Waals surface area contributed by atoms with Crippen molar-refractivity contribution >= 4 is 35.8 Å². The van der Waals surface area contributed by atoms with Crippen LogP contribution in [0, 0.1) is 0 Å². The molecule has 0 bridgehead atoms. The normalized spacial score (nSPS) is 11.9. The fourth-order valence-corrected chi connectivity index (χ4v) is 1.86. The standard InChI is InChI=1S/C18H22N4O8/c1-9(13(23)21-17(27)19-3)29-15(25)11-5-7-12(8-6-11)16(26)30-10(2)14(24)22-18(28)20-4/h5-10H,1-4H3,(H2,19,21,23,27)(H2,20,22,24,28)/t9-,10-/m1/s1. The monoisotopic (exact) mass is 422 g/mol. The van der Waals surface area contributed by atoms with E-state index < -0.39 is 48.0 Å². The van der Waals surface area contributed by atoms with Gasteiger partial charge < -0.3 is 20.1 Å². The van der Waals surface area contributed by atoms with E-state index in [0.717, 1.165) is 0 Å². The molecule has 12 nitrogen and oxygen atoms in total. The van der Waals surface area contributed by atoms with Crippen molar-refractivity contribution in [2.75, 3.05) is 14.1 Å². The van der Waals surface area contributed by atoms with Crippen LogP contribution in [0.5, 0.6) is 0 Å². The smallest absolute Gasteiger partial charge is 0.338 e. The number of urea groups is 2. The summed E-state index contributed by atoms with van der Waals surface area (Å²) >= 11 is 0. The van der Waals surface area contributed by atoms with Crippen molar-refractivity contribution in [2.45, 2.75) is 26.1 Å². The Bertz CT molecular complexity index is 768. The molecule has 0 heterocycles. The van der Waals surface area contributed by atoms with E-state index in [4.69, 9.17) is 9.47 Å². The topological polar surface area (TPSA) is 169 Å². The molecule has 0 aliphatic heterocycles. The van der Waals surface area contributed by atoms with Gasteiger partial charge in [-0.2, -0.15) is 0 Å². The van der Waals surface area contributed by atoms with Crippen LogP contribution in [-0.2, 0) is 19.1 Å². The van der Waals surface area contributed by atoms with Gasteiger partial charge in [-0.25, -0.2) is 19.2 Å². The number of nitrogens with one attached hydrogen (secondary N) is 4. The quantitative estimate of drug-likeness (QED) is 0.452. The second-order valence-electron chi connectivity index (χ2n) is 5.81. The summed E-state index contributed by atoms with van der Waals surface area (Å²) in [5, 5.41) is 8.31. The number of hydrogen-bond acceptors (Lipinski definition) is 8. The van der Waals surface area contributed by atoms with Crippen LogP contribution in [0.2, 0.25) is 0 Å². The first kappa shape index (κ1) is 24.1. The van der Waals surface area contributed by atoms with Crippen molar-refractivity contribution in [3.8, 4) is 0 Å². The second kappa shape index (κ2) is 11.1. The van der Waals surface area contributed by atoms with E-state index in [-0.39, 0.29) is 11.1 Å². The number of hydrogen-bond donors (Lipinski definition) is 4. The minimum Gasteiger partial charge on any atom is -0.449 e. The third-order valence-corrected chi connectivity index (χ3v) is 3.59. The van der Waals surface area contributed by atoms with Gasteiger partial charge in [0, 0.05) is 14.1 Å². The molecule has 0 unspecified atom stereocenters. The van der Waals surface area contributed by atoms with Crippen molar-refractivity contribution in [3.05, 3.63) is 35.4 Å². The number of benzene rings is 1. The predicted octanol–water partition coefficient (Wildman–Crippen LogP) is -0.312.